The second-order valence-electron chi connectivity index (χ2n) is 7.28. The highest BCUT2D eigenvalue weighted by atomic mass is 16.7. The zero-order valence-corrected chi connectivity index (χ0v) is 15.7. The van der Waals surface area contributed by atoms with Crippen molar-refractivity contribution in [1.29, 1.82) is 0 Å². The van der Waals surface area contributed by atoms with Crippen molar-refractivity contribution in [3.8, 4) is 22.8 Å². The molecule has 3 heterocycles. The maximum absolute atomic E-state index is 5.56. The summed E-state index contributed by atoms with van der Waals surface area (Å²) in [4.78, 5) is 4.90. The predicted octanol–water partition coefficient (Wildman–Crippen LogP) is 3.39. The average molecular weight is 377 g/mol. The molecule has 0 atom stereocenters. The van der Waals surface area contributed by atoms with Crippen LogP contribution in [0.15, 0.2) is 59.1 Å². The molecule has 0 radical (unpaired) electrons. The van der Waals surface area contributed by atoms with E-state index in [4.69, 9.17) is 14.0 Å². The first-order chi connectivity index (χ1) is 13.8. The van der Waals surface area contributed by atoms with Crippen LogP contribution in [0.4, 0.5) is 0 Å². The first kappa shape index (κ1) is 17.3. The Morgan fingerprint density at radius 3 is 2.36 bits per heavy atom. The van der Waals surface area contributed by atoms with E-state index in [-0.39, 0.29) is 0 Å². The fourth-order valence-corrected chi connectivity index (χ4v) is 3.76. The molecule has 0 amide bonds. The van der Waals surface area contributed by atoms with Gasteiger partial charge in [0.1, 0.15) is 5.69 Å². The molecule has 1 saturated heterocycles. The lowest BCUT2D eigenvalue weighted by molar-refractivity contribution is 0.113. The highest BCUT2D eigenvalue weighted by molar-refractivity contribution is 5.58. The van der Waals surface area contributed by atoms with Crippen molar-refractivity contribution in [2.75, 3.05) is 33.0 Å². The summed E-state index contributed by atoms with van der Waals surface area (Å²) >= 11 is 0. The lowest BCUT2D eigenvalue weighted by Gasteiger charge is -2.34. The zero-order valence-electron chi connectivity index (χ0n) is 15.7. The van der Waals surface area contributed by atoms with Crippen molar-refractivity contribution in [3.63, 3.8) is 0 Å². The normalized spacial score (nSPS) is 17.1. The van der Waals surface area contributed by atoms with E-state index in [1.165, 1.54) is 5.56 Å². The number of rotatable bonds is 5. The van der Waals surface area contributed by atoms with Gasteiger partial charge in [0.25, 0.3) is 0 Å². The Labute approximate surface area is 164 Å². The lowest BCUT2D eigenvalue weighted by Crippen LogP contribution is -2.45. The summed E-state index contributed by atoms with van der Waals surface area (Å²) in [5.74, 6) is 2.62. The highest BCUT2D eigenvalue weighted by Crippen LogP contribution is 2.32. The van der Waals surface area contributed by atoms with E-state index in [0.717, 1.165) is 67.8 Å². The summed E-state index contributed by atoms with van der Waals surface area (Å²) in [5, 5.41) is 4.22. The molecule has 0 N–H and O–H groups in total. The van der Waals surface area contributed by atoms with Crippen molar-refractivity contribution >= 4 is 0 Å². The van der Waals surface area contributed by atoms with Gasteiger partial charge in [-0.15, -0.1) is 0 Å². The molecule has 5 rings (SSSR count). The van der Waals surface area contributed by atoms with E-state index in [9.17, 15) is 0 Å². The van der Waals surface area contributed by atoms with Gasteiger partial charge in [-0.05, 0) is 17.7 Å². The minimum atomic E-state index is 0.324. The second kappa shape index (κ2) is 7.66. The quantitative estimate of drug-likeness (QED) is 0.679. The van der Waals surface area contributed by atoms with Crippen molar-refractivity contribution < 1.29 is 14.0 Å². The number of hydrogen-bond acceptors (Lipinski definition) is 6. The van der Waals surface area contributed by atoms with E-state index < -0.39 is 0 Å². The largest absolute Gasteiger partial charge is 0.454 e. The standard InChI is InChI=1S/C22H23N3O3/c1-2-4-18(5-3-1)20-13-19(28-23-20)15-25-10-8-24(9-11-25)14-17-6-7-21-22(12-17)27-16-26-21/h1-7,12-13H,8-11,14-16H2. The van der Waals surface area contributed by atoms with Gasteiger partial charge in [0.05, 0.1) is 6.54 Å². The average Bonchev–Trinajstić information content (AvgIpc) is 3.39. The number of piperazine rings is 1. The molecule has 2 aromatic carbocycles. The summed E-state index contributed by atoms with van der Waals surface area (Å²) < 4.78 is 16.4. The Bertz CT molecular complexity index is 933. The van der Waals surface area contributed by atoms with Crippen LogP contribution in [-0.2, 0) is 13.1 Å². The predicted molar refractivity (Wildman–Crippen MR) is 105 cm³/mol. The van der Waals surface area contributed by atoms with Crippen LogP contribution < -0.4 is 9.47 Å². The Morgan fingerprint density at radius 2 is 1.54 bits per heavy atom. The van der Waals surface area contributed by atoms with Gasteiger partial charge in [-0.2, -0.15) is 0 Å². The van der Waals surface area contributed by atoms with E-state index in [1.54, 1.807) is 0 Å². The molecule has 2 aliphatic rings. The maximum atomic E-state index is 5.56. The first-order valence-electron chi connectivity index (χ1n) is 9.68. The van der Waals surface area contributed by atoms with E-state index in [2.05, 4.69) is 39.2 Å². The van der Waals surface area contributed by atoms with Crippen LogP contribution in [0, 0.1) is 0 Å². The third kappa shape index (κ3) is 3.74. The fraction of sp³-hybridized carbons (Fsp3) is 0.318. The molecule has 1 fully saturated rings. The molecular formula is C22H23N3O3. The van der Waals surface area contributed by atoms with E-state index in [0.29, 0.717) is 6.79 Å². The molecule has 1 aromatic heterocycles. The van der Waals surface area contributed by atoms with Crippen LogP contribution in [0.5, 0.6) is 11.5 Å². The molecular weight excluding hydrogens is 354 g/mol. The second-order valence-corrected chi connectivity index (χ2v) is 7.28. The molecule has 6 heteroatoms. The Kier molecular flexibility index (Phi) is 4.72. The minimum Gasteiger partial charge on any atom is -0.454 e. The number of aromatic nitrogens is 1. The van der Waals surface area contributed by atoms with Crippen molar-refractivity contribution in [2.24, 2.45) is 0 Å². The van der Waals surface area contributed by atoms with E-state index in [1.807, 2.05) is 30.3 Å². The number of benzene rings is 2. The Hall–Kier alpha value is -2.83. The molecule has 28 heavy (non-hydrogen) atoms. The number of fused-ring (bicyclic) bond motifs is 1. The summed E-state index contributed by atoms with van der Waals surface area (Å²) in [7, 11) is 0. The molecule has 6 nitrogen and oxygen atoms in total. The molecule has 0 saturated carbocycles. The maximum Gasteiger partial charge on any atom is 0.231 e. The molecule has 0 bridgehead atoms. The third-order valence-corrected chi connectivity index (χ3v) is 5.32. The molecule has 144 valence electrons. The van der Waals surface area contributed by atoms with Crippen LogP contribution in [0.3, 0.4) is 0 Å². The fourth-order valence-electron chi connectivity index (χ4n) is 3.76. The first-order valence-corrected chi connectivity index (χ1v) is 9.68. The van der Waals surface area contributed by atoms with Gasteiger partial charge in [-0.1, -0.05) is 41.6 Å². The van der Waals surface area contributed by atoms with Crippen molar-refractivity contribution in [3.05, 3.63) is 65.9 Å². The van der Waals surface area contributed by atoms with Crippen LogP contribution in [0.2, 0.25) is 0 Å². The molecule has 0 unspecified atom stereocenters. The van der Waals surface area contributed by atoms with Crippen LogP contribution in [-0.4, -0.2) is 47.9 Å². The molecule has 3 aromatic rings. The van der Waals surface area contributed by atoms with Gasteiger partial charge in [-0.25, -0.2) is 0 Å². The summed E-state index contributed by atoms with van der Waals surface area (Å²) in [6.45, 7) is 6.17. The van der Waals surface area contributed by atoms with E-state index >= 15 is 0 Å². The monoisotopic (exact) mass is 377 g/mol. The van der Waals surface area contributed by atoms with Gasteiger partial charge in [0.2, 0.25) is 6.79 Å². The SMILES string of the molecule is c1ccc(-c2cc(CN3CCN(Cc4ccc5c(c4)OCO5)CC3)on2)cc1. The molecule has 0 spiro atoms. The van der Waals surface area contributed by atoms with Crippen LogP contribution >= 0.6 is 0 Å². The number of hydrogen-bond donors (Lipinski definition) is 0. The Balaban J connectivity index is 1.14. The zero-order chi connectivity index (χ0) is 18.8. The van der Waals surface area contributed by atoms with Gasteiger partial charge in [-0.3, -0.25) is 9.80 Å². The molecule has 0 aliphatic carbocycles. The topological polar surface area (TPSA) is 51.0 Å². The van der Waals surface area contributed by atoms with Crippen LogP contribution in [0.1, 0.15) is 11.3 Å². The van der Waals surface area contributed by atoms with Gasteiger partial charge >= 0.3 is 0 Å². The van der Waals surface area contributed by atoms with Gasteiger partial charge in [0, 0.05) is 44.4 Å². The van der Waals surface area contributed by atoms with Crippen molar-refractivity contribution in [2.45, 2.75) is 13.1 Å². The molecule has 2 aliphatic heterocycles. The highest BCUT2D eigenvalue weighted by Gasteiger charge is 2.20. The summed E-state index contributed by atoms with van der Waals surface area (Å²) in [6, 6.07) is 18.4. The lowest BCUT2D eigenvalue weighted by atomic mass is 10.1. The smallest absolute Gasteiger partial charge is 0.231 e. The number of ether oxygens (including phenoxy) is 2. The summed E-state index contributed by atoms with van der Waals surface area (Å²) in [5.41, 5.74) is 3.25. The Morgan fingerprint density at radius 1 is 0.786 bits per heavy atom. The third-order valence-electron chi connectivity index (χ3n) is 5.32. The summed E-state index contributed by atoms with van der Waals surface area (Å²) in [6.07, 6.45) is 0. The van der Waals surface area contributed by atoms with Crippen molar-refractivity contribution in [1.82, 2.24) is 15.0 Å². The number of nitrogens with zero attached hydrogens (tertiary/aromatic N) is 3. The minimum absolute atomic E-state index is 0.324. The van der Waals surface area contributed by atoms with Crippen LogP contribution in [0.25, 0.3) is 11.3 Å². The van der Waals surface area contributed by atoms with Gasteiger partial charge in [0.15, 0.2) is 17.3 Å². The van der Waals surface area contributed by atoms with Gasteiger partial charge < -0.3 is 14.0 Å².